The molecule has 5 nitrogen and oxygen atoms in total. The summed E-state index contributed by atoms with van der Waals surface area (Å²) in [6.45, 7) is 0. The molecule has 0 aliphatic rings. The van der Waals surface area contributed by atoms with E-state index in [9.17, 15) is 14.0 Å². The van der Waals surface area contributed by atoms with Crippen molar-refractivity contribution in [2.24, 2.45) is 0 Å². The number of ether oxygens (including phenoxy) is 1. The number of benzene rings is 1. The molecule has 0 atom stereocenters. The number of nitrogens with zero attached hydrogens (tertiary/aromatic N) is 1. The van der Waals surface area contributed by atoms with Gasteiger partial charge in [0.25, 0.3) is 0 Å². The van der Waals surface area contributed by atoms with E-state index in [1.165, 1.54) is 25.4 Å². The van der Waals surface area contributed by atoms with Crippen LogP contribution in [0.2, 0.25) is 0 Å². The SMILES string of the molecule is COc1ccc(F)cc1C(=O)c1ccncc1C(=O)O. The fourth-order valence-corrected chi connectivity index (χ4v) is 1.77. The second kappa shape index (κ2) is 5.48. The van der Waals surface area contributed by atoms with E-state index in [1.807, 2.05) is 0 Å². The first-order chi connectivity index (χ1) is 9.54. The summed E-state index contributed by atoms with van der Waals surface area (Å²) >= 11 is 0. The highest BCUT2D eigenvalue weighted by Crippen LogP contribution is 2.23. The highest BCUT2D eigenvalue weighted by molar-refractivity contribution is 6.15. The van der Waals surface area contributed by atoms with E-state index < -0.39 is 17.6 Å². The molecule has 1 aromatic heterocycles. The van der Waals surface area contributed by atoms with Crippen LogP contribution in [0.5, 0.6) is 5.75 Å². The van der Waals surface area contributed by atoms with Crippen LogP contribution in [-0.4, -0.2) is 29.0 Å². The van der Waals surface area contributed by atoms with E-state index in [4.69, 9.17) is 9.84 Å². The van der Waals surface area contributed by atoms with Crippen molar-refractivity contribution in [1.82, 2.24) is 4.98 Å². The number of aromatic nitrogens is 1. The molecule has 2 rings (SSSR count). The van der Waals surface area contributed by atoms with Crippen LogP contribution in [0.1, 0.15) is 26.3 Å². The molecular formula is C14H10FNO4. The van der Waals surface area contributed by atoms with Gasteiger partial charge in [-0.2, -0.15) is 0 Å². The number of halogens is 1. The number of hydrogen-bond acceptors (Lipinski definition) is 4. The maximum absolute atomic E-state index is 13.3. The number of pyridine rings is 1. The third-order valence-electron chi connectivity index (χ3n) is 2.70. The summed E-state index contributed by atoms with van der Waals surface area (Å²) < 4.78 is 18.3. The maximum Gasteiger partial charge on any atom is 0.338 e. The summed E-state index contributed by atoms with van der Waals surface area (Å²) in [5.74, 6) is -2.36. The Kier molecular flexibility index (Phi) is 3.74. The van der Waals surface area contributed by atoms with Gasteiger partial charge in [0.15, 0.2) is 5.78 Å². The topological polar surface area (TPSA) is 76.5 Å². The molecule has 0 fully saturated rings. The number of carbonyl (C=O) groups excluding carboxylic acids is 1. The summed E-state index contributed by atoms with van der Waals surface area (Å²) in [5.41, 5.74) is -0.360. The number of hydrogen-bond donors (Lipinski definition) is 1. The van der Waals surface area contributed by atoms with Gasteiger partial charge in [0.1, 0.15) is 11.6 Å². The first-order valence-electron chi connectivity index (χ1n) is 5.60. The average molecular weight is 275 g/mol. The Morgan fingerprint density at radius 3 is 2.60 bits per heavy atom. The number of ketones is 1. The second-order valence-corrected chi connectivity index (χ2v) is 3.90. The van der Waals surface area contributed by atoms with Crippen molar-refractivity contribution in [3.63, 3.8) is 0 Å². The molecular weight excluding hydrogens is 265 g/mol. The molecule has 0 radical (unpaired) electrons. The third kappa shape index (κ3) is 2.49. The molecule has 0 unspecified atom stereocenters. The molecule has 1 heterocycles. The van der Waals surface area contributed by atoms with E-state index in [0.717, 1.165) is 18.3 Å². The summed E-state index contributed by atoms with van der Waals surface area (Å²) in [4.78, 5) is 27.1. The van der Waals surface area contributed by atoms with Crippen molar-refractivity contribution in [3.05, 3.63) is 59.2 Å². The Balaban J connectivity index is 2.57. The average Bonchev–Trinajstić information content (AvgIpc) is 2.46. The number of aromatic carboxylic acids is 1. The second-order valence-electron chi connectivity index (χ2n) is 3.90. The molecule has 0 bridgehead atoms. The number of methoxy groups -OCH3 is 1. The molecule has 0 aliphatic carbocycles. The van der Waals surface area contributed by atoms with E-state index >= 15 is 0 Å². The van der Waals surface area contributed by atoms with Gasteiger partial charge in [0, 0.05) is 18.0 Å². The molecule has 0 amide bonds. The highest BCUT2D eigenvalue weighted by Gasteiger charge is 2.21. The Hall–Kier alpha value is -2.76. The molecule has 1 aromatic carbocycles. The molecule has 6 heteroatoms. The summed E-state index contributed by atoms with van der Waals surface area (Å²) in [7, 11) is 1.34. The van der Waals surface area contributed by atoms with Gasteiger partial charge in [-0.1, -0.05) is 0 Å². The van der Waals surface area contributed by atoms with Gasteiger partial charge in [0.05, 0.1) is 18.2 Å². The van der Waals surface area contributed by atoms with Gasteiger partial charge < -0.3 is 9.84 Å². The molecule has 2 aromatic rings. The van der Waals surface area contributed by atoms with E-state index in [0.29, 0.717) is 0 Å². The molecule has 1 N–H and O–H groups in total. The zero-order chi connectivity index (χ0) is 14.7. The Bertz CT molecular complexity index is 685. The van der Waals surface area contributed by atoms with Crippen molar-refractivity contribution in [2.45, 2.75) is 0 Å². The van der Waals surface area contributed by atoms with Gasteiger partial charge in [-0.15, -0.1) is 0 Å². The lowest BCUT2D eigenvalue weighted by molar-refractivity contribution is 0.0692. The third-order valence-corrected chi connectivity index (χ3v) is 2.70. The maximum atomic E-state index is 13.3. The first kappa shape index (κ1) is 13.7. The van der Waals surface area contributed by atoms with Crippen LogP contribution in [0.4, 0.5) is 4.39 Å². The van der Waals surface area contributed by atoms with Crippen LogP contribution in [0, 0.1) is 5.82 Å². The minimum Gasteiger partial charge on any atom is -0.496 e. The molecule has 0 spiro atoms. The lowest BCUT2D eigenvalue weighted by atomic mass is 9.99. The molecule has 102 valence electrons. The largest absolute Gasteiger partial charge is 0.496 e. The zero-order valence-electron chi connectivity index (χ0n) is 10.5. The van der Waals surface area contributed by atoms with Crippen molar-refractivity contribution < 1.29 is 23.8 Å². The summed E-state index contributed by atoms with van der Waals surface area (Å²) in [6, 6.07) is 4.74. The van der Waals surface area contributed by atoms with Gasteiger partial charge >= 0.3 is 5.97 Å². The normalized spacial score (nSPS) is 10.1. The fourth-order valence-electron chi connectivity index (χ4n) is 1.77. The minimum absolute atomic E-state index is 0.0406. The number of carboxylic acid groups (broad SMARTS) is 1. The van der Waals surface area contributed by atoms with Crippen LogP contribution >= 0.6 is 0 Å². The van der Waals surface area contributed by atoms with Crippen molar-refractivity contribution in [2.75, 3.05) is 7.11 Å². The summed E-state index contributed by atoms with van der Waals surface area (Å²) in [6.07, 6.45) is 2.37. The lowest BCUT2D eigenvalue weighted by Crippen LogP contribution is -2.11. The minimum atomic E-state index is -1.28. The number of carbonyl (C=O) groups is 2. The molecule has 0 saturated heterocycles. The van der Waals surface area contributed by atoms with E-state index in [2.05, 4.69) is 4.98 Å². The quantitative estimate of drug-likeness (QED) is 0.865. The molecule has 0 aliphatic heterocycles. The predicted molar refractivity (Wildman–Crippen MR) is 67.6 cm³/mol. The molecule has 0 saturated carbocycles. The Morgan fingerprint density at radius 2 is 1.95 bits per heavy atom. The standard InChI is InChI=1S/C14H10FNO4/c1-20-12-3-2-8(15)6-10(12)13(17)9-4-5-16-7-11(9)14(18)19/h2-7H,1H3,(H,18,19). The number of carboxylic acids is 1. The fraction of sp³-hybridized carbons (Fsp3) is 0.0714. The highest BCUT2D eigenvalue weighted by atomic mass is 19.1. The Morgan fingerprint density at radius 1 is 1.20 bits per heavy atom. The van der Waals surface area contributed by atoms with Crippen molar-refractivity contribution >= 4 is 11.8 Å². The van der Waals surface area contributed by atoms with Gasteiger partial charge in [-0.05, 0) is 24.3 Å². The van der Waals surface area contributed by atoms with Gasteiger partial charge in [-0.25, -0.2) is 9.18 Å². The predicted octanol–water partition coefficient (Wildman–Crippen LogP) is 2.16. The monoisotopic (exact) mass is 275 g/mol. The smallest absolute Gasteiger partial charge is 0.338 e. The van der Waals surface area contributed by atoms with E-state index in [1.54, 1.807) is 0 Å². The van der Waals surface area contributed by atoms with Crippen LogP contribution in [0.25, 0.3) is 0 Å². The molecule has 20 heavy (non-hydrogen) atoms. The van der Waals surface area contributed by atoms with Gasteiger partial charge in [-0.3, -0.25) is 9.78 Å². The van der Waals surface area contributed by atoms with Crippen LogP contribution in [0.15, 0.2) is 36.7 Å². The van der Waals surface area contributed by atoms with Crippen molar-refractivity contribution in [1.29, 1.82) is 0 Å². The van der Waals surface area contributed by atoms with Crippen molar-refractivity contribution in [3.8, 4) is 5.75 Å². The lowest BCUT2D eigenvalue weighted by Gasteiger charge is -2.09. The zero-order valence-corrected chi connectivity index (χ0v) is 10.5. The van der Waals surface area contributed by atoms with Crippen LogP contribution in [-0.2, 0) is 0 Å². The Labute approximate surface area is 113 Å². The van der Waals surface area contributed by atoms with Gasteiger partial charge in [0.2, 0.25) is 0 Å². The van der Waals surface area contributed by atoms with Crippen LogP contribution < -0.4 is 4.74 Å². The van der Waals surface area contributed by atoms with Crippen LogP contribution in [0.3, 0.4) is 0 Å². The van der Waals surface area contributed by atoms with E-state index in [-0.39, 0.29) is 22.4 Å². The summed E-state index contributed by atoms with van der Waals surface area (Å²) in [5, 5.41) is 9.04. The first-order valence-corrected chi connectivity index (χ1v) is 5.60. The number of rotatable bonds is 4.